The lowest BCUT2D eigenvalue weighted by atomic mass is 10.1. The van der Waals surface area contributed by atoms with Crippen LogP contribution in [0.3, 0.4) is 0 Å². The van der Waals surface area contributed by atoms with Crippen LogP contribution in [-0.2, 0) is 9.47 Å². The van der Waals surface area contributed by atoms with Gasteiger partial charge in [-0.3, -0.25) is 4.79 Å². The van der Waals surface area contributed by atoms with E-state index in [0.717, 1.165) is 0 Å². The molecular weight excluding hydrogens is 395 g/mol. The maximum atomic E-state index is 13.2. The largest absolute Gasteiger partial charge is 0.359 e. The summed E-state index contributed by atoms with van der Waals surface area (Å²) in [6.45, 7) is 5.10. The quantitative estimate of drug-likeness (QED) is 0.803. The molecular formula is C20H23FN4O5. The van der Waals surface area contributed by atoms with Crippen molar-refractivity contribution in [3.05, 3.63) is 47.1 Å². The zero-order valence-corrected chi connectivity index (χ0v) is 16.8. The topological polar surface area (TPSA) is 97.1 Å². The second kappa shape index (κ2) is 8.04. The van der Waals surface area contributed by atoms with Crippen molar-refractivity contribution >= 4 is 17.6 Å². The Morgan fingerprint density at radius 2 is 1.70 bits per heavy atom. The number of nitrogens with one attached hydrogen (secondary N) is 1. The SMILES string of the molecule is Cc1noc(C)c1NC(=O)N1CCOC2(C1)CN(C(=O)c1ccc(F)cc1)CCO2. The first-order valence-corrected chi connectivity index (χ1v) is 9.68. The molecule has 2 aliphatic rings. The second-order valence-electron chi connectivity index (χ2n) is 7.39. The van der Waals surface area contributed by atoms with Gasteiger partial charge in [-0.05, 0) is 38.1 Å². The molecule has 1 unspecified atom stereocenters. The van der Waals surface area contributed by atoms with Gasteiger partial charge in [0.25, 0.3) is 5.91 Å². The van der Waals surface area contributed by atoms with Crippen LogP contribution in [0, 0.1) is 19.7 Å². The second-order valence-corrected chi connectivity index (χ2v) is 7.39. The minimum absolute atomic E-state index is 0.162. The van der Waals surface area contributed by atoms with Gasteiger partial charge in [-0.1, -0.05) is 5.16 Å². The lowest BCUT2D eigenvalue weighted by Crippen LogP contribution is -2.64. The average Bonchev–Trinajstić information content (AvgIpc) is 3.06. The number of halogens is 1. The van der Waals surface area contributed by atoms with E-state index >= 15 is 0 Å². The number of morpholine rings is 2. The molecule has 2 aliphatic heterocycles. The van der Waals surface area contributed by atoms with Crippen molar-refractivity contribution in [3.8, 4) is 0 Å². The first-order chi connectivity index (χ1) is 14.4. The number of aromatic nitrogens is 1. The third-order valence-electron chi connectivity index (χ3n) is 5.25. The molecule has 0 saturated carbocycles. The Balaban J connectivity index is 1.45. The standard InChI is InChI=1S/C20H23FN4O5/c1-13-17(14(2)30-23-13)22-19(27)25-8-10-29-20(12-25)11-24(7-9-28-20)18(26)15-3-5-16(21)6-4-15/h3-6H,7-12H2,1-2H3,(H,22,27). The molecule has 1 spiro atoms. The molecule has 30 heavy (non-hydrogen) atoms. The minimum Gasteiger partial charge on any atom is -0.359 e. The molecule has 3 amide bonds. The Morgan fingerprint density at radius 1 is 1.07 bits per heavy atom. The molecule has 160 valence electrons. The van der Waals surface area contributed by atoms with Crippen molar-refractivity contribution in [2.75, 3.05) is 44.7 Å². The van der Waals surface area contributed by atoms with Crippen LogP contribution in [0.1, 0.15) is 21.8 Å². The Morgan fingerprint density at radius 3 is 2.33 bits per heavy atom. The fourth-order valence-electron chi connectivity index (χ4n) is 3.67. The Hall–Kier alpha value is -2.98. The highest BCUT2D eigenvalue weighted by molar-refractivity contribution is 5.94. The number of ether oxygens (including phenoxy) is 2. The van der Waals surface area contributed by atoms with Gasteiger partial charge in [0.05, 0.1) is 26.3 Å². The van der Waals surface area contributed by atoms with Crippen molar-refractivity contribution in [2.24, 2.45) is 0 Å². The summed E-state index contributed by atoms with van der Waals surface area (Å²) in [5.41, 5.74) is 1.52. The monoisotopic (exact) mass is 418 g/mol. The van der Waals surface area contributed by atoms with Gasteiger partial charge in [0.15, 0.2) is 5.76 Å². The van der Waals surface area contributed by atoms with Gasteiger partial charge in [0, 0.05) is 18.7 Å². The van der Waals surface area contributed by atoms with E-state index in [1.807, 2.05) is 0 Å². The number of urea groups is 1. The van der Waals surface area contributed by atoms with Crippen molar-refractivity contribution in [2.45, 2.75) is 19.6 Å². The number of hydrogen-bond acceptors (Lipinski definition) is 6. The van der Waals surface area contributed by atoms with E-state index in [9.17, 15) is 14.0 Å². The van der Waals surface area contributed by atoms with Crippen molar-refractivity contribution in [1.82, 2.24) is 15.0 Å². The number of anilines is 1. The fourth-order valence-corrected chi connectivity index (χ4v) is 3.67. The van der Waals surface area contributed by atoms with Gasteiger partial charge in [0.1, 0.15) is 17.2 Å². The van der Waals surface area contributed by atoms with Crippen LogP contribution in [0.4, 0.5) is 14.9 Å². The summed E-state index contributed by atoms with van der Waals surface area (Å²) < 4.78 is 30.0. The van der Waals surface area contributed by atoms with Gasteiger partial charge in [-0.25, -0.2) is 9.18 Å². The van der Waals surface area contributed by atoms with Crippen LogP contribution < -0.4 is 5.32 Å². The smallest absolute Gasteiger partial charge is 0.322 e. The zero-order valence-electron chi connectivity index (χ0n) is 16.8. The molecule has 1 aromatic heterocycles. The maximum absolute atomic E-state index is 13.2. The summed E-state index contributed by atoms with van der Waals surface area (Å²) in [6, 6.07) is 5.08. The van der Waals surface area contributed by atoms with Crippen LogP contribution in [0.5, 0.6) is 0 Å². The minimum atomic E-state index is -1.11. The molecule has 0 radical (unpaired) electrons. The number of benzene rings is 1. The predicted molar refractivity (Wildman–Crippen MR) is 104 cm³/mol. The van der Waals surface area contributed by atoms with E-state index in [0.29, 0.717) is 35.8 Å². The first-order valence-electron chi connectivity index (χ1n) is 9.68. The van der Waals surface area contributed by atoms with E-state index < -0.39 is 11.6 Å². The van der Waals surface area contributed by atoms with Crippen LogP contribution in [0.2, 0.25) is 0 Å². The Kier molecular flexibility index (Phi) is 5.44. The maximum Gasteiger partial charge on any atom is 0.322 e. The highest BCUT2D eigenvalue weighted by Crippen LogP contribution is 2.27. The number of nitrogens with zero attached hydrogens (tertiary/aromatic N) is 3. The summed E-state index contributed by atoms with van der Waals surface area (Å²) in [5, 5.41) is 6.65. The third kappa shape index (κ3) is 4.01. The highest BCUT2D eigenvalue weighted by Gasteiger charge is 2.44. The molecule has 1 aromatic carbocycles. The van der Waals surface area contributed by atoms with E-state index in [2.05, 4.69) is 10.5 Å². The summed E-state index contributed by atoms with van der Waals surface area (Å²) in [6.07, 6.45) is 0. The third-order valence-corrected chi connectivity index (χ3v) is 5.25. The number of carbonyl (C=O) groups excluding carboxylic acids is 2. The molecule has 2 aromatic rings. The predicted octanol–water partition coefficient (Wildman–Crippen LogP) is 2.16. The van der Waals surface area contributed by atoms with Crippen LogP contribution in [0.25, 0.3) is 0 Å². The van der Waals surface area contributed by atoms with Gasteiger partial charge < -0.3 is 29.1 Å². The zero-order chi connectivity index (χ0) is 21.3. The Labute approximate surface area is 172 Å². The summed E-state index contributed by atoms with van der Waals surface area (Å²) in [5.74, 6) is -1.23. The van der Waals surface area contributed by atoms with Gasteiger partial charge in [-0.15, -0.1) is 0 Å². The molecule has 4 rings (SSSR count). The van der Waals surface area contributed by atoms with E-state index in [4.69, 9.17) is 14.0 Å². The van der Waals surface area contributed by atoms with Crippen molar-refractivity contribution in [1.29, 1.82) is 0 Å². The number of hydrogen-bond donors (Lipinski definition) is 1. The van der Waals surface area contributed by atoms with Crippen LogP contribution in [-0.4, -0.2) is 72.1 Å². The molecule has 2 saturated heterocycles. The molecule has 0 bridgehead atoms. The molecule has 10 heteroatoms. The molecule has 2 fully saturated rings. The number of rotatable bonds is 2. The summed E-state index contributed by atoms with van der Waals surface area (Å²) in [7, 11) is 0. The highest BCUT2D eigenvalue weighted by atomic mass is 19.1. The molecule has 1 atom stereocenters. The average molecular weight is 418 g/mol. The first kappa shape index (κ1) is 20.3. The van der Waals surface area contributed by atoms with Gasteiger partial charge in [0.2, 0.25) is 5.79 Å². The van der Waals surface area contributed by atoms with Crippen molar-refractivity contribution < 1.29 is 28.0 Å². The molecule has 9 nitrogen and oxygen atoms in total. The number of aryl methyl sites for hydroxylation is 2. The van der Waals surface area contributed by atoms with Gasteiger partial charge >= 0.3 is 6.03 Å². The summed E-state index contributed by atoms with van der Waals surface area (Å²) in [4.78, 5) is 28.8. The van der Waals surface area contributed by atoms with Gasteiger partial charge in [-0.2, -0.15) is 0 Å². The van der Waals surface area contributed by atoms with E-state index in [1.165, 1.54) is 24.3 Å². The molecule has 3 heterocycles. The lowest BCUT2D eigenvalue weighted by molar-refractivity contribution is -0.281. The van der Waals surface area contributed by atoms with Crippen LogP contribution in [0.15, 0.2) is 28.8 Å². The normalized spacial score (nSPS) is 21.7. The lowest BCUT2D eigenvalue weighted by Gasteiger charge is -2.47. The van der Waals surface area contributed by atoms with E-state index in [1.54, 1.807) is 23.6 Å². The van der Waals surface area contributed by atoms with Crippen LogP contribution >= 0.6 is 0 Å². The number of carbonyl (C=O) groups is 2. The van der Waals surface area contributed by atoms with Crippen molar-refractivity contribution in [3.63, 3.8) is 0 Å². The molecule has 1 N–H and O–H groups in total. The van der Waals surface area contributed by atoms with E-state index in [-0.39, 0.29) is 38.2 Å². The Bertz CT molecular complexity index is 924. The molecule has 0 aliphatic carbocycles. The summed E-state index contributed by atoms with van der Waals surface area (Å²) >= 11 is 0. The fraction of sp³-hybridized carbons (Fsp3) is 0.450. The number of amides is 3.